The van der Waals surface area contributed by atoms with Gasteiger partial charge in [-0.05, 0) is 77.4 Å². The SMILES string of the molecule is Cc1ccc2cccc(OCc3c(Cl)ccc(N(C)C(=O)CNC(=O)/C=C/c4ccc(NC(=O)Cc5ccsc5)cc4)c3Cl)c2n1. The van der Waals surface area contributed by atoms with Gasteiger partial charge >= 0.3 is 0 Å². The number of nitrogens with zero attached hydrogens (tertiary/aromatic N) is 2. The van der Waals surface area contributed by atoms with Crippen LogP contribution >= 0.6 is 34.5 Å². The number of thiophene rings is 1. The number of carbonyl (C=O) groups excluding carboxylic acids is 3. The second kappa shape index (κ2) is 15.1. The maximum Gasteiger partial charge on any atom is 0.246 e. The number of para-hydroxylation sites is 1. The van der Waals surface area contributed by atoms with E-state index in [9.17, 15) is 14.4 Å². The molecule has 0 aliphatic rings. The smallest absolute Gasteiger partial charge is 0.246 e. The van der Waals surface area contributed by atoms with Crippen molar-refractivity contribution in [3.63, 3.8) is 0 Å². The molecule has 0 saturated heterocycles. The van der Waals surface area contributed by atoms with Gasteiger partial charge in [0.25, 0.3) is 0 Å². The van der Waals surface area contributed by atoms with Crippen LogP contribution in [0.25, 0.3) is 17.0 Å². The Bertz CT molecular complexity index is 1910. The third-order valence-corrected chi connectivity index (χ3v) is 8.58. The fourth-order valence-electron chi connectivity index (χ4n) is 4.57. The predicted molar refractivity (Wildman–Crippen MR) is 186 cm³/mol. The molecule has 8 nitrogen and oxygen atoms in total. The monoisotopic (exact) mass is 672 g/mol. The number of nitrogens with one attached hydrogen (secondary N) is 2. The quantitative estimate of drug-likeness (QED) is 0.142. The molecule has 0 bridgehead atoms. The molecule has 3 amide bonds. The summed E-state index contributed by atoms with van der Waals surface area (Å²) in [6.07, 6.45) is 3.27. The van der Waals surface area contributed by atoms with Crippen molar-refractivity contribution in [1.29, 1.82) is 0 Å². The number of pyridine rings is 1. The largest absolute Gasteiger partial charge is 0.487 e. The first-order chi connectivity index (χ1) is 22.2. The molecule has 11 heteroatoms. The van der Waals surface area contributed by atoms with Gasteiger partial charge in [-0.2, -0.15) is 11.3 Å². The van der Waals surface area contributed by atoms with Crippen molar-refractivity contribution >= 4 is 80.6 Å². The number of fused-ring (bicyclic) bond motifs is 1. The maximum absolute atomic E-state index is 13.0. The van der Waals surface area contributed by atoms with Crippen LogP contribution in [0.1, 0.15) is 22.4 Å². The van der Waals surface area contributed by atoms with Crippen LogP contribution in [0.5, 0.6) is 5.75 Å². The number of carbonyl (C=O) groups is 3. The van der Waals surface area contributed by atoms with E-state index in [1.165, 1.54) is 11.0 Å². The lowest BCUT2D eigenvalue weighted by atomic mass is 10.1. The third kappa shape index (κ3) is 8.31. The number of aryl methyl sites for hydroxylation is 1. The highest BCUT2D eigenvalue weighted by Crippen LogP contribution is 2.35. The highest BCUT2D eigenvalue weighted by molar-refractivity contribution is 7.08. The van der Waals surface area contributed by atoms with E-state index in [1.54, 1.807) is 60.9 Å². The molecule has 0 unspecified atom stereocenters. The molecule has 0 saturated carbocycles. The fourth-order valence-corrected chi connectivity index (χ4v) is 5.84. The molecule has 5 aromatic rings. The Labute approximate surface area is 280 Å². The number of rotatable bonds is 11. The number of halogens is 2. The average molecular weight is 674 g/mol. The molecule has 0 aliphatic heterocycles. The molecule has 2 aromatic heterocycles. The minimum atomic E-state index is -0.440. The van der Waals surface area contributed by atoms with Crippen LogP contribution in [0.15, 0.2) is 89.6 Å². The van der Waals surface area contributed by atoms with E-state index in [1.807, 2.05) is 54.1 Å². The van der Waals surface area contributed by atoms with E-state index in [4.69, 9.17) is 27.9 Å². The molecule has 0 aliphatic carbocycles. The number of anilines is 2. The Morgan fingerprint density at radius 3 is 2.57 bits per heavy atom. The Balaban J connectivity index is 1.14. The number of benzene rings is 3. The summed E-state index contributed by atoms with van der Waals surface area (Å²) < 4.78 is 6.08. The van der Waals surface area contributed by atoms with E-state index >= 15 is 0 Å². The molecular formula is C35H30Cl2N4O4S. The zero-order valence-corrected chi connectivity index (χ0v) is 27.4. The molecule has 0 radical (unpaired) electrons. The average Bonchev–Trinajstić information content (AvgIpc) is 3.56. The summed E-state index contributed by atoms with van der Waals surface area (Å²) in [4.78, 5) is 43.6. The van der Waals surface area contributed by atoms with E-state index in [0.717, 1.165) is 27.7 Å². The summed E-state index contributed by atoms with van der Waals surface area (Å²) in [7, 11) is 1.57. The van der Waals surface area contributed by atoms with Gasteiger partial charge in [-0.25, -0.2) is 4.98 Å². The van der Waals surface area contributed by atoms with Gasteiger partial charge in [0.15, 0.2) is 0 Å². The second-order valence-electron chi connectivity index (χ2n) is 10.4. The first kappa shape index (κ1) is 32.7. The summed E-state index contributed by atoms with van der Waals surface area (Å²) in [6.45, 7) is 1.72. The fraction of sp³-hybridized carbons (Fsp3) is 0.143. The van der Waals surface area contributed by atoms with Gasteiger partial charge in [-0.15, -0.1) is 0 Å². The summed E-state index contributed by atoms with van der Waals surface area (Å²) in [6, 6.07) is 21.9. The maximum atomic E-state index is 13.0. The number of amides is 3. The number of hydrogen-bond acceptors (Lipinski definition) is 6. The second-order valence-corrected chi connectivity index (χ2v) is 12.0. The van der Waals surface area contributed by atoms with E-state index in [-0.39, 0.29) is 30.0 Å². The van der Waals surface area contributed by atoms with Crippen molar-refractivity contribution in [1.82, 2.24) is 10.3 Å². The van der Waals surface area contributed by atoms with Crippen molar-refractivity contribution in [3.05, 3.63) is 122 Å². The van der Waals surface area contributed by atoms with Gasteiger partial charge in [0.1, 0.15) is 17.9 Å². The number of aromatic nitrogens is 1. The molecule has 0 atom stereocenters. The molecular weight excluding hydrogens is 643 g/mol. The summed E-state index contributed by atoms with van der Waals surface area (Å²) in [5, 5.41) is 10.9. The molecule has 234 valence electrons. The lowest BCUT2D eigenvalue weighted by Gasteiger charge is -2.21. The molecule has 2 heterocycles. The molecule has 5 rings (SSSR count). The first-order valence-corrected chi connectivity index (χ1v) is 16.0. The van der Waals surface area contributed by atoms with Crippen molar-refractivity contribution < 1.29 is 19.1 Å². The zero-order chi connectivity index (χ0) is 32.6. The molecule has 3 aromatic carbocycles. The van der Waals surface area contributed by atoms with E-state index in [0.29, 0.717) is 34.1 Å². The molecule has 2 N–H and O–H groups in total. The first-order valence-electron chi connectivity index (χ1n) is 14.3. The van der Waals surface area contributed by atoms with Crippen LogP contribution in [0.2, 0.25) is 10.0 Å². The van der Waals surface area contributed by atoms with Crippen LogP contribution in [0, 0.1) is 6.92 Å². The third-order valence-electron chi connectivity index (χ3n) is 7.08. The number of hydrogen-bond donors (Lipinski definition) is 2. The van der Waals surface area contributed by atoms with Crippen LogP contribution in [0.4, 0.5) is 11.4 Å². The normalized spacial score (nSPS) is 11.0. The van der Waals surface area contributed by atoms with Crippen molar-refractivity contribution in [2.24, 2.45) is 0 Å². The summed E-state index contributed by atoms with van der Waals surface area (Å²) in [5.41, 5.74) is 4.92. The number of ether oxygens (including phenoxy) is 1. The highest BCUT2D eigenvalue weighted by atomic mass is 35.5. The lowest BCUT2D eigenvalue weighted by Crippen LogP contribution is -2.37. The van der Waals surface area contributed by atoms with E-state index in [2.05, 4.69) is 15.6 Å². The summed E-state index contributed by atoms with van der Waals surface area (Å²) >= 11 is 14.7. The topological polar surface area (TPSA) is 101 Å². The zero-order valence-electron chi connectivity index (χ0n) is 25.1. The van der Waals surface area contributed by atoms with E-state index < -0.39 is 5.91 Å². The minimum Gasteiger partial charge on any atom is -0.487 e. The highest BCUT2D eigenvalue weighted by Gasteiger charge is 2.19. The Hall–Kier alpha value is -4.70. The Morgan fingerprint density at radius 2 is 1.80 bits per heavy atom. The minimum absolute atomic E-state index is 0.0618. The van der Waals surface area contributed by atoms with Gasteiger partial charge < -0.3 is 20.3 Å². The van der Waals surface area contributed by atoms with Gasteiger partial charge in [0.05, 0.1) is 23.7 Å². The standard InChI is InChI=1S/C35H30Cl2N4O4S/c1-22-6-10-25-4-3-5-30(35(25)39-22)45-20-27-28(36)13-14-29(34(27)37)41(2)33(44)19-38-31(42)15-9-23-7-11-26(12-8-23)40-32(43)18-24-16-17-46-21-24/h3-17,21H,18-20H2,1-2H3,(H,38,42)(H,40,43)/b15-9+. The lowest BCUT2D eigenvalue weighted by molar-refractivity contribution is -0.122. The molecule has 0 fully saturated rings. The van der Waals surface area contributed by atoms with Crippen LogP contribution in [-0.2, 0) is 27.4 Å². The van der Waals surface area contributed by atoms with Crippen LogP contribution in [-0.4, -0.2) is 36.3 Å². The van der Waals surface area contributed by atoms with Crippen molar-refractivity contribution in [2.75, 3.05) is 23.8 Å². The van der Waals surface area contributed by atoms with Gasteiger partial charge in [0, 0.05) is 40.5 Å². The van der Waals surface area contributed by atoms with Crippen LogP contribution in [0.3, 0.4) is 0 Å². The Morgan fingerprint density at radius 1 is 1.00 bits per heavy atom. The molecule has 0 spiro atoms. The van der Waals surface area contributed by atoms with Gasteiger partial charge in [-0.1, -0.05) is 53.5 Å². The Kier molecular flexibility index (Phi) is 10.7. The summed E-state index contributed by atoms with van der Waals surface area (Å²) in [5.74, 6) is -0.334. The van der Waals surface area contributed by atoms with Crippen molar-refractivity contribution in [3.8, 4) is 5.75 Å². The number of likely N-dealkylation sites (N-methyl/N-ethyl adjacent to an activating group) is 1. The van der Waals surface area contributed by atoms with Gasteiger partial charge in [0.2, 0.25) is 17.7 Å². The van der Waals surface area contributed by atoms with Crippen LogP contribution < -0.4 is 20.3 Å². The molecule has 46 heavy (non-hydrogen) atoms. The van der Waals surface area contributed by atoms with Gasteiger partial charge in [-0.3, -0.25) is 14.4 Å². The van der Waals surface area contributed by atoms with Crippen molar-refractivity contribution in [2.45, 2.75) is 20.0 Å². The predicted octanol–water partition coefficient (Wildman–Crippen LogP) is 7.46.